The lowest BCUT2D eigenvalue weighted by molar-refractivity contribution is -0.169. The first-order valence-electron chi connectivity index (χ1n) is 6.80. The van der Waals surface area contributed by atoms with Crippen LogP contribution in [0, 0.1) is 0 Å². The average molecular weight is 335 g/mol. The molecule has 0 fully saturated rings. The molecule has 1 amide bonds. The predicted molar refractivity (Wildman–Crippen MR) is 80.4 cm³/mol. The Labute approximate surface area is 135 Å². The van der Waals surface area contributed by atoms with Gasteiger partial charge in [-0.05, 0) is 17.7 Å². The van der Waals surface area contributed by atoms with Crippen molar-refractivity contribution in [3.63, 3.8) is 0 Å². The summed E-state index contributed by atoms with van der Waals surface area (Å²) in [4.78, 5) is 26.9. The van der Waals surface area contributed by atoms with Gasteiger partial charge >= 0.3 is 6.18 Å². The number of rotatable bonds is 5. The molecule has 0 saturated carbocycles. The quantitative estimate of drug-likeness (QED) is 0.675. The van der Waals surface area contributed by atoms with Crippen LogP contribution in [0.4, 0.5) is 13.2 Å². The molecule has 24 heavy (non-hydrogen) atoms. The second-order valence-corrected chi connectivity index (χ2v) is 4.70. The fourth-order valence-corrected chi connectivity index (χ4v) is 1.77. The van der Waals surface area contributed by atoms with Crippen LogP contribution in [0.2, 0.25) is 0 Å². The summed E-state index contributed by atoms with van der Waals surface area (Å²) in [5, 5.41) is 3.69. The third-order valence-electron chi connectivity index (χ3n) is 2.97. The molecule has 8 heteroatoms. The Morgan fingerprint density at radius 1 is 1.04 bits per heavy atom. The zero-order chi connectivity index (χ0) is 17.6. The van der Waals surface area contributed by atoms with E-state index in [1.165, 1.54) is 36.7 Å². The van der Waals surface area contributed by atoms with Gasteiger partial charge < -0.3 is 0 Å². The van der Waals surface area contributed by atoms with E-state index in [1.807, 2.05) is 0 Å². The van der Waals surface area contributed by atoms with Gasteiger partial charge in [0, 0.05) is 12.4 Å². The number of nitrogens with zero attached hydrogens (tertiary/aromatic N) is 2. The van der Waals surface area contributed by atoms with Gasteiger partial charge in [0.15, 0.2) is 0 Å². The number of pyridine rings is 1. The summed E-state index contributed by atoms with van der Waals surface area (Å²) in [5.41, 5.74) is 2.46. The van der Waals surface area contributed by atoms with Crippen molar-refractivity contribution < 1.29 is 22.8 Å². The Kier molecular flexibility index (Phi) is 5.41. The Balaban J connectivity index is 2.22. The van der Waals surface area contributed by atoms with Crippen molar-refractivity contribution in [1.29, 1.82) is 0 Å². The summed E-state index contributed by atoms with van der Waals surface area (Å²) < 4.78 is 37.5. The van der Waals surface area contributed by atoms with Gasteiger partial charge in [-0.3, -0.25) is 14.6 Å². The molecule has 0 unspecified atom stereocenters. The van der Waals surface area contributed by atoms with Crippen LogP contribution >= 0.6 is 0 Å². The van der Waals surface area contributed by atoms with Crippen LogP contribution in [0.15, 0.2) is 60.0 Å². The van der Waals surface area contributed by atoms with Crippen LogP contribution in [0.5, 0.6) is 0 Å². The molecule has 1 heterocycles. The van der Waals surface area contributed by atoms with E-state index in [0.717, 1.165) is 0 Å². The second kappa shape index (κ2) is 7.49. The molecule has 1 aromatic carbocycles. The number of amides is 1. The minimum atomic E-state index is -4.97. The highest BCUT2D eigenvalue weighted by molar-refractivity contribution is 6.12. The van der Waals surface area contributed by atoms with Gasteiger partial charge in [0.25, 0.3) is 5.91 Å². The molecule has 2 aromatic rings. The number of nitrogens with one attached hydrogen (secondary N) is 1. The highest BCUT2D eigenvalue weighted by Crippen LogP contribution is 2.19. The maximum atomic E-state index is 12.5. The number of ketones is 1. The number of hydrogen-bond donors (Lipinski definition) is 1. The summed E-state index contributed by atoms with van der Waals surface area (Å²) in [6.07, 6.45) is -3.19. The second-order valence-electron chi connectivity index (χ2n) is 4.70. The first kappa shape index (κ1) is 17.3. The number of benzene rings is 1. The molecule has 0 saturated heterocycles. The minimum Gasteiger partial charge on any atom is -0.289 e. The van der Waals surface area contributed by atoms with E-state index < -0.39 is 24.3 Å². The van der Waals surface area contributed by atoms with Gasteiger partial charge in [0.1, 0.15) is 0 Å². The van der Waals surface area contributed by atoms with Crippen molar-refractivity contribution >= 4 is 17.4 Å². The van der Waals surface area contributed by atoms with Crippen LogP contribution in [-0.4, -0.2) is 28.6 Å². The van der Waals surface area contributed by atoms with Gasteiger partial charge in [-0.15, -0.1) is 0 Å². The van der Waals surface area contributed by atoms with Crippen LogP contribution in [-0.2, 0) is 4.79 Å². The largest absolute Gasteiger partial charge is 0.450 e. The molecule has 0 atom stereocenters. The molecule has 0 radical (unpaired) electrons. The Hall–Kier alpha value is -3.03. The van der Waals surface area contributed by atoms with E-state index in [0.29, 0.717) is 5.56 Å². The Morgan fingerprint density at radius 3 is 2.29 bits per heavy atom. The first-order chi connectivity index (χ1) is 11.4. The number of halogens is 3. The van der Waals surface area contributed by atoms with E-state index in [2.05, 4.69) is 15.5 Å². The summed E-state index contributed by atoms with van der Waals surface area (Å²) in [5.74, 6) is -2.59. The summed E-state index contributed by atoms with van der Waals surface area (Å²) in [7, 11) is 0. The standard InChI is InChI=1S/C16H12F3N3O2/c17-16(18,19)14(23)9-13(11-5-2-1-3-6-11)21-22-15(24)12-7-4-8-20-10-12/h1-8,10H,9H2,(H,22,24). The summed E-state index contributed by atoms with van der Waals surface area (Å²) in [6, 6.07) is 10.8. The predicted octanol–water partition coefficient (Wildman–Crippen LogP) is 2.74. The van der Waals surface area contributed by atoms with Crippen molar-refractivity contribution in [1.82, 2.24) is 10.4 Å². The number of Topliss-reactive ketones (excluding diaryl/α,β-unsaturated/α-hetero) is 1. The lowest BCUT2D eigenvalue weighted by atomic mass is 10.1. The molecule has 1 N–H and O–H groups in total. The maximum Gasteiger partial charge on any atom is 0.450 e. The van der Waals surface area contributed by atoms with E-state index in [4.69, 9.17) is 0 Å². The molecule has 2 rings (SSSR count). The molecule has 124 valence electrons. The van der Waals surface area contributed by atoms with Crippen LogP contribution < -0.4 is 5.43 Å². The zero-order valence-corrected chi connectivity index (χ0v) is 12.2. The third kappa shape index (κ3) is 4.73. The van der Waals surface area contributed by atoms with E-state index >= 15 is 0 Å². The summed E-state index contributed by atoms with van der Waals surface area (Å²) >= 11 is 0. The number of carbonyl (C=O) groups excluding carboxylic acids is 2. The number of carbonyl (C=O) groups is 2. The molecular weight excluding hydrogens is 323 g/mol. The van der Waals surface area contributed by atoms with Crippen molar-refractivity contribution in [3.8, 4) is 0 Å². The topological polar surface area (TPSA) is 71.4 Å². The molecular formula is C16H12F3N3O2. The fourth-order valence-electron chi connectivity index (χ4n) is 1.77. The molecule has 0 aliphatic rings. The maximum absolute atomic E-state index is 12.5. The zero-order valence-electron chi connectivity index (χ0n) is 12.2. The van der Waals surface area contributed by atoms with Gasteiger partial charge in [-0.2, -0.15) is 18.3 Å². The molecule has 5 nitrogen and oxygen atoms in total. The molecule has 0 aliphatic heterocycles. The van der Waals surface area contributed by atoms with Crippen LogP contribution in [0.1, 0.15) is 22.3 Å². The highest BCUT2D eigenvalue weighted by atomic mass is 19.4. The fraction of sp³-hybridized carbons (Fsp3) is 0.125. The van der Waals surface area contributed by atoms with Gasteiger partial charge in [0.05, 0.1) is 17.7 Å². The molecule has 0 bridgehead atoms. The van der Waals surface area contributed by atoms with E-state index in [-0.39, 0.29) is 11.3 Å². The van der Waals surface area contributed by atoms with Crippen molar-refractivity contribution in [2.75, 3.05) is 0 Å². The average Bonchev–Trinajstić information content (AvgIpc) is 2.58. The smallest absolute Gasteiger partial charge is 0.289 e. The molecule has 1 aromatic heterocycles. The van der Waals surface area contributed by atoms with Crippen molar-refractivity contribution in [3.05, 3.63) is 66.0 Å². The first-order valence-corrected chi connectivity index (χ1v) is 6.80. The highest BCUT2D eigenvalue weighted by Gasteiger charge is 2.38. The van der Waals surface area contributed by atoms with Gasteiger partial charge in [-0.1, -0.05) is 30.3 Å². The Morgan fingerprint density at radius 2 is 1.71 bits per heavy atom. The number of hydrogen-bond acceptors (Lipinski definition) is 4. The monoisotopic (exact) mass is 335 g/mol. The number of alkyl halides is 3. The molecule has 0 aliphatic carbocycles. The number of aromatic nitrogens is 1. The molecule has 0 spiro atoms. The van der Waals surface area contributed by atoms with E-state index in [9.17, 15) is 22.8 Å². The number of hydrazone groups is 1. The lowest BCUT2D eigenvalue weighted by Gasteiger charge is -2.09. The van der Waals surface area contributed by atoms with Crippen molar-refractivity contribution in [2.24, 2.45) is 5.10 Å². The van der Waals surface area contributed by atoms with E-state index in [1.54, 1.807) is 18.2 Å². The minimum absolute atomic E-state index is 0.185. The van der Waals surface area contributed by atoms with Crippen molar-refractivity contribution in [2.45, 2.75) is 12.6 Å². The van der Waals surface area contributed by atoms with Crippen LogP contribution in [0.25, 0.3) is 0 Å². The third-order valence-corrected chi connectivity index (χ3v) is 2.97. The van der Waals surface area contributed by atoms with Gasteiger partial charge in [-0.25, -0.2) is 5.43 Å². The van der Waals surface area contributed by atoms with Gasteiger partial charge in [0.2, 0.25) is 5.78 Å². The SMILES string of the molecule is O=C(NN=C(CC(=O)C(F)(F)F)c1ccccc1)c1cccnc1. The van der Waals surface area contributed by atoms with Crippen LogP contribution in [0.3, 0.4) is 0 Å². The lowest BCUT2D eigenvalue weighted by Crippen LogP contribution is -2.27. The summed E-state index contributed by atoms with van der Waals surface area (Å²) in [6.45, 7) is 0. The normalized spacial score (nSPS) is 11.9. The Bertz CT molecular complexity index is 744.